The number of carbonyl (C=O) groups excluding carboxylic acids is 1. The van der Waals surface area contributed by atoms with Gasteiger partial charge < -0.3 is 10.1 Å². The molecule has 0 aliphatic heterocycles. The van der Waals surface area contributed by atoms with E-state index >= 15 is 0 Å². The minimum atomic E-state index is -0.573. The van der Waals surface area contributed by atoms with Gasteiger partial charge in [0.25, 0.3) is 0 Å². The molecule has 0 spiro atoms. The highest BCUT2D eigenvalue weighted by Gasteiger charge is 2.43. The summed E-state index contributed by atoms with van der Waals surface area (Å²) in [7, 11) is 3.31. The quantitative estimate of drug-likeness (QED) is 0.866. The molecule has 1 N–H and O–H groups in total. The lowest BCUT2D eigenvalue weighted by atomic mass is 9.79. The first-order chi connectivity index (χ1) is 9.99. The molecular formula is C16H27N3O2. The van der Waals surface area contributed by atoms with Crippen molar-refractivity contribution in [3.8, 4) is 0 Å². The molecule has 0 radical (unpaired) electrons. The van der Waals surface area contributed by atoms with Crippen LogP contribution in [0.25, 0.3) is 0 Å². The molecule has 5 heteroatoms. The highest BCUT2D eigenvalue weighted by Crippen LogP contribution is 2.37. The van der Waals surface area contributed by atoms with E-state index in [1.165, 1.54) is 18.4 Å². The number of esters is 1. The van der Waals surface area contributed by atoms with Crippen LogP contribution in [0.15, 0.2) is 0 Å². The van der Waals surface area contributed by atoms with E-state index in [1.807, 2.05) is 7.05 Å². The average Bonchev–Trinajstić information content (AvgIpc) is 2.80. The predicted octanol–water partition coefficient (Wildman–Crippen LogP) is 2.31. The Morgan fingerprint density at radius 3 is 2.76 bits per heavy atom. The van der Waals surface area contributed by atoms with Crippen molar-refractivity contribution in [3.05, 3.63) is 17.0 Å². The highest BCUT2D eigenvalue weighted by molar-refractivity contribution is 5.80. The topological polar surface area (TPSA) is 56.2 Å². The van der Waals surface area contributed by atoms with E-state index in [2.05, 4.69) is 30.8 Å². The smallest absolute Gasteiger partial charge is 0.326 e. The second kappa shape index (κ2) is 6.18. The monoisotopic (exact) mass is 293 g/mol. The summed E-state index contributed by atoms with van der Waals surface area (Å²) in [6, 6.07) is 0.254. The van der Waals surface area contributed by atoms with Gasteiger partial charge in [-0.15, -0.1) is 0 Å². The van der Waals surface area contributed by atoms with Gasteiger partial charge in [0.15, 0.2) is 0 Å². The van der Waals surface area contributed by atoms with Gasteiger partial charge in [-0.2, -0.15) is 5.10 Å². The summed E-state index contributed by atoms with van der Waals surface area (Å²) in [4.78, 5) is 12.2. The van der Waals surface area contributed by atoms with Gasteiger partial charge in [0.1, 0.15) is 5.54 Å². The molecule has 1 saturated carbocycles. The van der Waals surface area contributed by atoms with Crippen LogP contribution >= 0.6 is 0 Å². The molecule has 1 aromatic rings. The van der Waals surface area contributed by atoms with Crippen LogP contribution in [0.4, 0.5) is 0 Å². The minimum absolute atomic E-state index is 0.160. The molecule has 1 aromatic heterocycles. The van der Waals surface area contributed by atoms with Crippen LogP contribution in [-0.4, -0.2) is 35.4 Å². The van der Waals surface area contributed by atoms with E-state index in [0.717, 1.165) is 37.8 Å². The number of ether oxygens (including phenoxy) is 1. The normalized spacial score (nSPS) is 25.9. The van der Waals surface area contributed by atoms with Gasteiger partial charge >= 0.3 is 5.97 Å². The van der Waals surface area contributed by atoms with Gasteiger partial charge in [0.2, 0.25) is 0 Å². The van der Waals surface area contributed by atoms with E-state index in [4.69, 9.17) is 9.84 Å². The third kappa shape index (κ3) is 2.71. The van der Waals surface area contributed by atoms with Crippen LogP contribution in [0.3, 0.4) is 0 Å². The highest BCUT2D eigenvalue weighted by atomic mass is 16.5. The molecule has 1 fully saturated rings. The molecule has 2 rings (SSSR count). The molecular weight excluding hydrogens is 266 g/mol. The summed E-state index contributed by atoms with van der Waals surface area (Å²) in [5.74, 6) is -0.160. The second-order valence-corrected chi connectivity index (χ2v) is 6.02. The first kappa shape index (κ1) is 16.0. The molecule has 0 saturated heterocycles. The molecule has 5 nitrogen and oxygen atoms in total. The zero-order valence-corrected chi connectivity index (χ0v) is 13.8. The van der Waals surface area contributed by atoms with Crippen molar-refractivity contribution in [3.63, 3.8) is 0 Å². The Hall–Kier alpha value is -1.36. The first-order valence-corrected chi connectivity index (χ1v) is 7.81. The number of rotatable bonds is 4. The Balaban J connectivity index is 2.31. The van der Waals surface area contributed by atoms with Gasteiger partial charge in [-0.3, -0.25) is 9.48 Å². The van der Waals surface area contributed by atoms with Crippen LogP contribution in [0, 0.1) is 13.8 Å². The zero-order chi connectivity index (χ0) is 15.6. The lowest BCUT2D eigenvalue weighted by molar-refractivity contribution is -0.150. The second-order valence-electron chi connectivity index (χ2n) is 6.02. The van der Waals surface area contributed by atoms with Crippen LogP contribution in [0.1, 0.15) is 55.6 Å². The summed E-state index contributed by atoms with van der Waals surface area (Å²) < 4.78 is 7.14. The SMILES string of the molecule is CCc1c(C)nn(C2CCCC(NC)(C(=O)OC)C2)c1C. The molecule has 1 aliphatic carbocycles. The maximum absolute atomic E-state index is 12.2. The van der Waals surface area contributed by atoms with Crippen molar-refractivity contribution < 1.29 is 9.53 Å². The molecule has 2 atom stereocenters. The Labute approximate surface area is 127 Å². The lowest BCUT2D eigenvalue weighted by Crippen LogP contribution is -2.54. The van der Waals surface area contributed by atoms with Crippen molar-refractivity contribution in [2.75, 3.05) is 14.2 Å². The predicted molar refractivity (Wildman–Crippen MR) is 82.4 cm³/mol. The zero-order valence-electron chi connectivity index (χ0n) is 13.8. The first-order valence-electron chi connectivity index (χ1n) is 7.81. The molecule has 1 aliphatic rings. The summed E-state index contributed by atoms with van der Waals surface area (Å²) in [5, 5.41) is 7.93. The van der Waals surface area contributed by atoms with Crippen molar-refractivity contribution in [1.29, 1.82) is 0 Å². The summed E-state index contributed by atoms with van der Waals surface area (Å²) in [6.45, 7) is 6.36. The molecule has 118 valence electrons. The summed E-state index contributed by atoms with van der Waals surface area (Å²) in [5.41, 5.74) is 3.09. The lowest BCUT2D eigenvalue weighted by Gasteiger charge is -2.38. The summed E-state index contributed by atoms with van der Waals surface area (Å²) >= 11 is 0. The van der Waals surface area contributed by atoms with Gasteiger partial charge in [-0.05, 0) is 58.6 Å². The van der Waals surface area contributed by atoms with Crippen molar-refractivity contribution in [1.82, 2.24) is 15.1 Å². The standard InChI is InChI=1S/C16H27N3O2/c1-6-14-11(2)18-19(12(14)3)13-8-7-9-16(10-13,17-4)15(20)21-5/h13,17H,6-10H2,1-5H3. The fraction of sp³-hybridized carbons (Fsp3) is 0.750. The summed E-state index contributed by atoms with van der Waals surface area (Å²) in [6.07, 6.45) is 4.62. The number of aromatic nitrogens is 2. The largest absolute Gasteiger partial charge is 0.468 e. The van der Waals surface area contributed by atoms with E-state index in [9.17, 15) is 4.79 Å². The third-order valence-electron chi connectivity index (χ3n) is 4.95. The number of carbonyl (C=O) groups is 1. The fourth-order valence-corrected chi connectivity index (χ4v) is 3.73. The van der Waals surface area contributed by atoms with Crippen molar-refractivity contribution >= 4 is 5.97 Å². The molecule has 0 bridgehead atoms. The van der Waals surface area contributed by atoms with Gasteiger partial charge in [-0.1, -0.05) is 6.92 Å². The Morgan fingerprint density at radius 2 is 2.24 bits per heavy atom. The van der Waals surface area contributed by atoms with E-state index in [-0.39, 0.29) is 12.0 Å². The fourth-order valence-electron chi connectivity index (χ4n) is 3.73. The number of nitrogens with one attached hydrogen (secondary N) is 1. The third-order valence-corrected chi connectivity index (χ3v) is 4.95. The maximum atomic E-state index is 12.2. The van der Waals surface area contributed by atoms with Gasteiger partial charge in [0.05, 0.1) is 18.8 Å². The number of methoxy groups -OCH3 is 1. The molecule has 0 aromatic carbocycles. The number of likely N-dealkylation sites (N-methyl/N-ethyl adjacent to an activating group) is 1. The van der Waals surface area contributed by atoms with Crippen molar-refractivity contribution in [2.45, 2.75) is 64.5 Å². The van der Waals surface area contributed by atoms with Gasteiger partial charge in [0, 0.05) is 5.69 Å². The van der Waals surface area contributed by atoms with E-state index < -0.39 is 5.54 Å². The Bertz CT molecular complexity index is 524. The maximum Gasteiger partial charge on any atom is 0.326 e. The minimum Gasteiger partial charge on any atom is -0.468 e. The number of hydrogen-bond donors (Lipinski definition) is 1. The number of nitrogens with zero attached hydrogens (tertiary/aromatic N) is 2. The van der Waals surface area contributed by atoms with Crippen LogP contribution < -0.4 is 5.32 Å². The molecule has 2 unspecified atom stereocenters. The number of aryl methyl sites for hydroxylation is 1. The Morgan fingerprint density at radius 1 is 1.52 bits per heavy atom. The molecule has 0 amide bonds. The van der Waals surface area contributed by atoms with E-state index in [0.29, 0.717) is 0 Å². The van der Waals surface area contributed by atoms with Crippen molar-refractivity contribution in [2.24, 2.45) is 0 Å². The Kier molecular flexibility index (Phi) is 4.71. The molecule has 21 heavy (non-hydrogen) atoms. The van der Waals surface area contributed by atoms with Crippen LogP contribution in [0.2, 0.25) is 0 Å². The molecule has 1 heterocycles. The average molecular weight is 293 g/mol. The van der Waals surface area contributed by atoms with Gasteiger partial charge in [-0.25, -0.2) is 0 Å². The van der Waals surface area contributed by atoms with Crippen LogP contribution in [0.5, 0.6) is 0 Å². The van der Waals surface area contributed by atoms with E-state index in [1.54, 1.807) is 0 Å². The number of hydrogen-bond acceptors (Lipinski definition) is 4. The van der Waals surface area contributed by atoms with Crippen LogP contribution in [-0.2, 0) is 16.0 Å².